The van der Waals surface area contributed by atoms with Crippen LogP contribution >= 0.6 is 0 Å². The minimum absolute atomic E-state index is 0.00542. The molecule has 176 valence electrons. The van der Waals surface area contributed by atoms with E-state index in [0.717, 1.165) is 23.1 Å². The molecule has 0 amide bonds. The lowest BCUT2D eigenvalue weighted by Crippen LogP contribution is -2.37. The maximum absolute atomic E-state index is 12.1. The van der Waals surface area contributed by atoms with Gasteiger partial charge in [-0.3, -0.25) is 0 Å². The highest BCUT2D eigenvalue weighted by atomic mass is 16.5. The van der Waals surface area contributed by atoms with Gasteiger partial charge in [0.2, 0.25) is 11.7 Å². The molecule has 1 atom stereocenters. The molecule has 0 saturated carbocycles. The molecule has 0 saturated heterocycles. The van der Waals surface area contributed by atoms with Crippen molar-refractivity contribution < 1.29 is 19.4 Å². The molecule has 7 heteroatoms. The fourth-order valence-corrected chi connectivity index (χ4v) is 4.48. The van der Waals surface area contributed by atoms with Crippen molar-refractivity contribution in [2.45, 2.75) is 19.1 Å². The fraction of sp³-hybridized carbons (Fsp3) is 0.179. The molecule has 1 aliphatic heterocycles. The van der Waals surface area contributed by atoms with Crippen LogP contribution in [0.3, 0.4) is 0 Å². The van der Waals surface area contributed by atoms with Gasteiger partial charge in [0.25, 0.3) is 5.88 Å². The summed E-state index contributed by atoms with van der Waals surface area (Å²) in [7, 11) is 1.39. The molecule has 3 aromatic carbocycles. The standard InChI is InChI=1S/C28H25N3O4/c1-34-25-23(27(32)33)29-28(30-26(25)35-18-19-10-4-2-5-11-19)31-17-16-20-12-8-9-15-22(20)24(31)21-13-6-3-7-14-21/h2-15,24H,16-18H2,1H3,(H,32,33). The van der Waals surface area contributed by atoms with Gasteiger partial charge in [0, 0.05) is 6.54 Å². The van der Waals surface area contributed by atoms with E-state index < -0.39 is 5.97 Å². The summed E-state index contributed by atoms with van der Waals surface area (Å²) in [6, 6.07) is 27.8. The Morgan fingerprint density at radius 2 is 1.66 bits per heavy atom. The zero-order valence-electron chi connectivity index (χ0n) is 19.3. The van der Waals surface area contributed by atoms with Crippen LogP contribution in [0.1, 0.15) is 38.8 Å². The van der Waals surface area contributed by atoms with Gasteiger partial charge in [-0.1, -0.05) is 84.9 Å². The predicted octanol–water partition coefficient (Wildman–Crippen LogP) is 4.91. The van der Waals surface area contributed by atoms with Crippen molar-refractivity contribution in [2.24, 2.45) is 0 Å². The number of anilines is 1. The van der Waals surface area contributed by atoms with E-state index in [4.69, 9.17) is 9.47 Å². The fourth-order valence-electron chi connectivity index (χ4n) is 4.48. The Kier molecular flexibility index (Phi) is 6.30. The average molecular weight is 468 g/mol. The molecule has 1 aromatic heterocycles. The minimum atomic E-state index is -1.20. The molecule has 1 unspecified atom stereocenters. The number of ether oxygens (including phenoxy) is 2. The van der Waals surface area contributed by atoms with E-state index in [1.54, 1.807) is 0 Å². The molecule has 0 fully saturated rings. The molecule has 0 radical (unpaired) electrons. The highest BCUT2D eigenvalue weighted by Crippen LogP contribution is 2.39. The molecule has 7 nitrogen and oxygen atoms in total. The number of fused-ring (bicyclic) bond motifs is 1. The molecular weight excluding hydrogens is 442 g/mol. The first-order valence-electron chi connectivity index (χ1n) is 11.4. The zero-order chi connectivity index (χ0) is 24.2. The highest BCUT2D eigenvalue weighted by Gasteiger charge is 2.33. The van der Waals surface area contributed by atoms with Gasteiger partial charge in [0.05, 0.1) is 13.2 Å². The van der Waals surface area contributed by atoms with Crippen LogP contribution in [-0.2, 0) is 13.0 Å². The second-order valence-electron chi connectivity index (χ2n) is 8.25. The van der Waals surface area contributed by atoms with E-state index in [0.29, 0.717) is 6.54 Å². The summed E-state index contributed by atoms with van der Waals surface area (Å²) < 4.78 is 11.4. The van der Waals surface area contributed by atoms with E-state index in [9.17, 15) is 9.90 Å². The molecule has 0 aliphatic carbocycles. The van der Waals surface area contributed by atoms with Crippen molar-refractivity contribution >= 4 is 11.9 Å². The molecule has 4 aromatic rings. The van der Waals surface area contributed by atoms with E-state index in [1.165, 1.54) is 12.7 Å². The normalized spacial score (nSPS) is 14.8. The largest absolute Gasteiger partial charge is 0.489 e. The van der Waals surface area contributed by atoms with Crippen molar-refractivity contribution in [2.75, 3.05) is 18.6 Å². The topological polar surface area (TPSA) is 84.8 Å². The third-order valence-electron chi connectivity index (χ3n) is 6.10. The van der Waals surface area contributed by atoms with E-state index in [1.807, 2.05) is 65.6 Å². The first-order valence-corrected chi connectivity index (χ1v) is 11.4. The summed E-state index contributed by atoms with van der Waals surface area (Å²) in [5.41, 5.74) is 4.17. The SMILES string of the molecule is COc1c(OCc2ccccc2)nc(N2CCc3ccccc3C2c2ccccc2)nc1C(=O)O. The van der Waals surface area contributed by atoms with E-state index >= 15 is 0 Å². The Morgan fingerprint density at radius 3 is 2.37 bits per heavy atom. The van der Waals surface area contributed by atoms with Crippen LogP contribution in [0.15, 0.2) is 84.9 Å². The van der Waals surface area contributed by atoms with Crippen molar-refractivity contribution in [1.29, 1.82) is 0 Å². The lowest BCUT2D eigenvalue weighted by atomic mass is 9.88. The van der Waals surface area contributed by atoms with Gasteiger partial charge in [-0.25, -0.2) is 9.78 Å². The van der Waals surface area contributed by atoms with Crippen molar-refractivity contribution in [1.82, 2.24) is 9.97 Å². The molecule has 5 rings (SSSR count). The van der Waals surface area contributed by atoms with Crippen LogP contribution in [0, 0.1) is 0 Å². The molecule has 1 aliphatic rings. The number of aromatic nitrogens is 2. The number of aromatic carboxylic acids is 1. The predicted molar refractivity (Wildman–Crippen MR) is 132 cm³/mol. The molecule has 35 heavy (non-hydrogen) atoms. The smallest absolute Gasteiger partial charge is 0.358 e. The van der Waals surface area contributed by atoms with E-state index in [-0.39, 0.29) is 35.9 Å². The van der Waals surface area contributed by atoms with Gasteiger partial charge in [-0.2, -0.15) is 4.98 Å². The Bertz CT molecular complexity index is 1330. The van der Waals surface area contributed by atoms with Crippen LogP contribution < -0.4 is 14.4 Å². The highest BCUT2D eigenvalue weighted by molar-refractivity contribution is 5.90. The second kappa shape index (κ2) is 9.85. The molecular formula is C28H25N3O4. The van der Waals surface area contributed by atoms with Gasteiger partial charge in [-0.15, -0.1) is 0 Å². The van der Waals surface area contributed by atoms with Gasteiger partial charge in [0.1, 0.15) is 6.61 Å². The van der Waals surface area contributed by atoms with Crippen LogP contribution in [0.25, 0.3) is 0 Å². The molecule has 1 N–H and O–H groups in total. The maximum Gasteiger partial charge on any atom is 0.358 e. The van der Waals surface area contributed by atoms with Gasteiger partial charge in [0.15, 0.2) is 5.69 Å². The number of benzene rings is 3. The number of carbonyl (C=O) groups is 1. The first-order chi connectivity index (χ1) is 17.2. The van der Waals surface area contributed by atoms with Gasteiger partial charge >= 0.3 is 5.97 Å². The van der Waals surface area contributed by atoms with E-state index in [2.05, 4.69) is 34.2 Å². The molecule has 2 heterocycles. The maximum atomic E-state index is 12.1. The Morgan fingerprint density at radius 1 is 0.971 bits per heavy atom. The van der Waals surface area contributed by atoms with Crippen LogP contribution in [0.4, 0.5) is 5.95 Å². The third kappa shape index (κ3) is 4.53. The van der Waals surface area contributed by atoms with Crippen molar-refractivity contribution in [3.8, 4) is 11.6 Å². The minimum Gasteiger partial charge on any atom is -0.489 e. The lowest BCUT2D eigenvalue weighted by molar-refractivity contribution is 0.0684. The quantitative estimate of drug-likeness (QED) is 0.413. The molecule has 0 spiro atoms. The number of hydrogen-bond donors (Lipinski definition) is 1. The molecule has 0 bridgehead atoms. The lowest BCUT2D eigenvalue weighted by Gasteiger charge is -2.38. The van der Waals surface area contributed by atoms with Crippen LogP contribution in [-0.4, -0.2) is 34.7 Å². The number of rotatable bonds is 7. The summed E-state index contributed by atoms with van der Waals surface area (Å²) in [5.74, 6) is -0.811. The third-order valence-corrected chi connectivity index (χ3v) is 6.10. The number of hydrogen-bond acceptors (Lipinski definition) is 6. The summed E-state index contributed by atoms with van der Waals surface area (Å²) >= 11 is 0. The first kappa shape index (κ1) is 22.4. The summed E-state index contributed by atoms with van der Waals surface area (Å²) in [6.07, 6.45) is 0.789. The van der Waals surface area contributed by atoms with Gasteiger partial charge in [-0.05, 0) is 28.7 Å². The van der Waals surface area contributed by atoms with Crippen molar-refractivity contribution in [3.63, 3.8) is 0 Å². The zero-order valence-corrected chi connectivity index (χ0v) is 19.3. The summed E-state index contributed by atoms with van der Waals surface area (Å²) in [5, 5.41) is 9.93. The number of methoxy groups -OCH3 is 1. The van der Waals surface area contributed by atoms with Crippen LogP contribution in [0.5, 0.6) is 11.6 Å². The number of carboxylic acids is 1. The van der Waals surface area contributed by atoms with Crippen molar-refractivity contribution in [3.05, 3.63) is 113 Å². The number of nitrogens with zero attached hydrogens (tertiary/aromatic N) is 3. The Hall–Kier alpha value is -4.39. The van der Waals surface area contributed by atoms with Gasteiger partial charge < -0.3 is 19.5 Å². The monoisotopic (exact) mass is 467 g/mol. The summed E-state index contributed by atoms with van der Waals surface area (Å²) in [4.78, 5) is 23.3. The average Bonchev–Trinajstić information content (AvgIpc) is 2.91. The Labute approximate surface area is 203 Å². The van der Waals surface area contributed by atoms with Crippen LogP contribution in [0.2, 0.25) is 0 Å². The summed E-state index contributed by atoms with van der Waals surface area (Å²) in [6.45, 7) is 0.845. The Balaban J connectivity index is 1.60. The number of carboxylic acid groups (broad SMARTS) is 1. The second-order valence-corrected chi connectivity index (χ2v) is 8.25.